The van der Waals surface area contributed by atoms with E-state index in [0.717, 1.165) is 44.2 Å². The molecule has 0 aliphatic heterocycles. The Labute approximate surface area is 330 Å². The maximum absolute atomic E-state index is 3.52. The number of aromatic nitrogens is 3. The van der Waals surface area contributed by atoms with Gasteiger partial charge in [-0.3, -0.25) is 0 Å². The van der Waals surface area contributed by atoms with Crippen molar-refractivity contribution >= 4 is 77.6 Å². The Hall–Kier alpha value is -7.54. The van der Waals surface area contributed by atoms with Crippen molar-refractivity contribution in [1.29, 1.82) is 0 Å². The molecule has 11 rings (SSSR count). The summed E-state index contributed by atoms with van der Waals surface area (Å²) in [5.74, 6) is 0. The van der Waals surface area contributed by atoms with E-state index in [0.29, 0.717) is 0 Å². The zero-order valence-electron chi connectivity index (χ0n) is 31.7. The Kier molecular flexibility index (Phi) is 7.52. The van der Waals surface area contributed by atoms with Crippen LogP contribution >= 0.6 is 0 Å². The minimum Gasteiger partial charge on any atom is -0.309 e. The quantitative estimate of drug-likeness (QED) is 0.120. The molecule has 0 bridgehead atoms. The van der Waals surface area contributed by atoms with Crippen LogP contribution in [-0.2, 0) is 0 Å². The average molecular weight is 728 g/mol. The second-order valence-electron chi connectivity index (χ2n) is 14.8. The van der Waals surface area contributed by atoms with Crippen LogP contribution < -0.4 is 10.6 Å². The Morgan fingerprint density at radius 2 is 1.16 bits per heavy atom. The van der Waals surface area contributed by atoms with Crippen LogP contribution in [0.4, 0.5) is 0 Å². The van der Waals surface area contributed by atoms with Gasteiger partial charge in [0.15, 0.2) is 0 Å². The molecule has 3 heterocycles. The van der Waals surface area contributed by atoms with Crippen LogP contribution in [0.3, 0.4) is 0 Å². The fourth-order valence-electron chi connectivity index (χ4n) is 9.03. The summed E-state index contributed by atoms with van der Waals surface area (Å²) < 4.78 is 7.24. The van der Waals surface area contributed by atoms with E-state index in [1.165, 1.54) is 60.2 Å². The molecule has 7 aromatic carbocycles. The number of nitrogens with zero attached hydrogens (tertiary/aromatic N) is 3. The summed E-state index contributed by atoms with van der Waals surface area (Å²) in [6, 6.07) is 59.3. The maximum atomic E-state index is 3.52. The molecule has 0 fully saturated rings. The lowest BCUT2D eigenvalue weighted by atomic mass is 9.99. The summed E-state index contributed by atoms with van der Waals surface area (Å²) in [6.45, 7) is 4.34. The Bertz CT molecular complexity index is 3500. The van der Waals surface area contributed by atoms with Gasteiger partial charge >= 0.3 is 0 Å². The smallest absolute Gasteiger partial charge is 0.105 e. The van der Waals surface area contributed by atoms with Gasteiger partial charge in [0.1, 0.15) is 5.35 Å². The lowest BCUT2D eigenvalue weighted by Gasteiger charge is -2.15. The third-order valence-electron chi connectivity index (χ3n) is 11.6. The summed E-state index contributed by atoms with van der Waals surface area (Å²) >= 11 is 0. The van der Waals surface area contributed by atoms with Crippen LogP contribution in [0.1, 0.15) is 19.4 Å². The fourth-order valence-corrected chi connectivity index (χ4v) is 9.03. The highest BCUT2D eigenvalue weighted by Crippen LogP contribution is 2.38. The second kappa shape index (κ2) is 13.0. The molecule has 0 saturated carbocycles. The molecule has 0 spiro atoms. The van der Waals surface area contributed by atoms with Gasteiger partial charge in [0.2, 0.25) is 0 Å². The van der Waals surface area contributed by atoms with Crippen LogP contribution in [0.15, 0.2) is 188 Å². The molecule has 0 N–H and O–H groups in total. The highest BCUT2D eigenvalue weighted by molar-refractivity contribution is 6.13. The largest absolute Gasteiger partial charge is 0.309 e. The number of allylic oxidation sites excluding steroid dienone is 5. The van der Waals surface area contributed by atoms with Crippen LogP contribution in [0, 0.1) is 0 Å². The van der Waals surface area contributed by atoms with E-state index in [2.05, 4.69) is 221 Å². The molecule has 0 unspecified atom stereocenters. The minimum atomic E-state index is 1.00. The molecule has 0 atom stereocenters. The Morgan fingerprint density at radius 1 is 0.544 bits per heavy atom. The predicted octanol–water partition coefficient (Wildman–Crippen LogP) is 12.4. The molecular weight excluding hydrogens is 691 g/mol. The first-order chi connectivity index (χ1) is 28.2. The van der Waals surface area contributed by atoms with Crippen molar-refractivity contribution in [1.82, 2.24) is 13.7 Å². The lowest BCUT2D eigenvalue weighted by molar-refractivity contribution is 1.09. The highest BCUT2D eigenvalue weighted by Gasteiger charge is 2.21. The van der Waals surface area contributed by atoms with Gasteiger partial charge in [-0.05, 0) is 109 Å². The number of hydrogen-bond acceptors (Lipinski definition) is 0. The molecule has 0 amide bonds. The molecule has 0 saturated heterocycles. The third kappa shape index (κ3) is 5.08. The van der Waals surface area contributed by atoms with Crippen LogP contribution in [0.5, 0.6) is 0 Å². The van der Waals surface area contributed by atoms with Gasteiger partial charge in [0.05, 0.1) is 33.3 Å². The molecule has 1 aliphatic carbocycles. The fraction of sp³-hybridized carbons (Fsp3) is 0.0370. The number of rotatable bonds is 6. The molecule has 268 valence electrons. The predicted molar refractivity (Wildman–Crippen MR) is 241 cm³/mol. The monoisotopic (exact) mass is 727 g/mol. The summed E-state index contributed by atoms with van der Waals surface area (Å²) in [5.41, 5.74) is 20.8. The number of fused-ring (bicyclic) bond motifs is 9. The zero-order valence-corrected chi connectivity index (χ0v) is 31.7. The van der Waals surface area contributed by atoms with Crippen molar-refractivity contribution in [3.8, 4) is 22.5 Å². The summed E-state index contributed by atoms with van der Waals surface area (Å²) in [6.07, 6.45) is 8.67. The van der Waals surface area contributed by atoms with Crippen molar-refractivity contribution in [2.45, 2.75) is 13.8 Å². The van der Waals surface area contributed by atoms with Crippen molar-refractivity contribution in [3.63, 3.8) is 0 Å². The van der Waals surface area contributed by atoms with E-state index in [9.17, 15) is 0 Å². The minimum absolute atomic E-state index is 1.00. The van der Waals surface area contributed by atoms with Crippen LogP contribution in [0.25, 0.3) is 100 Å². The molecular formula is C54H37N3. The average Bonchev–Trinajstić information content (AvgIpc) is 3.91. The third-order valence-corrected chi connectivity index (χ3v) is 11.6. The molecule has 57 heavy (non-hydrogen) atoms. The summed E-state index contributed by atoms with van der Waals surface area (Å²) in [7, 11) is 0. The van der Waals surface area contributed by atoms with Gasteiger partial charge in [0.25, 0.3) is 0 Å². The van der Waals surface area contributed by atoms with Gasteiger partial charge in [0, 0.05) is 43.5 Å². The first-order valence-electron chi connectivity index (χ1n) is 19.6. The zero-order chi connectivity index (χ0) is 38.0. The number of hydrogen-bond donors (Lipinski definition) is 0. The highest BCUT2D eigenvalue weighted by atomic mass is 15.1. The van der Waals surface area contributed by atoms with E-state index < -0.39 is 0 Å². The lowest BCUT2D eigenvalue weighted by Crippen LogP contribution is -2.28. The molecule has 1 aliphatic rings. The summed E-state index contributed by atoms with van der Waals surface area (Å²) in [5, 5.41) is 8.28. The van der Waals surface area contributed by atoms with Crippen molar-refractivity contribution < 1.29 is 0 Å². The van der Waals surface area contributed by atoms with Gasteiger partial charge in [-0.1, -0.05) is 127 Å². The van der Waals surface area contributed by atoms with Crippen molar-refractivity contribution in [2.75, 3.05) is 0 Å². The molecule has 3 aromatic heterocycles. The van der Waals surface area contributed by atoms with Crippen LogP contribution in [0.2, 0.25) is 0 Å². The van der Waals surface area contributed by atoms with Crippen molar-refractivity contribution in [2.24, 2.45) is 0 Å². The first-order valence-corrected chi connectivity index (χ1v) is 19.6. The SMILES string of the molecule is C/C=C(\C=C(/C)c1cccc(-c2ccccc2)c1)n1c2c(c3cccc(-n4c5ccccc5c5cc(-n6c7ccccc7c7ccccc76)ccc54)c31)=CC=C=C=2. The Morgan fingerprint density at radius 3 is 1.89 bits per heavy atom. The molecule has 10 aromatic rings. The molecule has 3 heteroatoms. The number of para-hydroxylation sites is 4. The van der Waals surface area contributed by atoms with E-state index in [4.69, 9.17) is 0 Å². The second-order valence-corrected chi connectivity index (χ2v) is 14.8. The standard InChI is InChI=1S/C54H37N3/c1-3-40(33-36(2)38-19-15-20-39(34-38)37-17-5-4-6-18-37)56-50-28-13-9-23-44(50)46-25-16-30-53(54(46)56)57-51-29-14-10-24-45(51)47-35-41(31-32-52(47)57)55-48-26-11-7-21-42(48)43-22-8-12-27-49(43)55/h3-12,14-27,29-35H,1-2H3/b36-33+,40-3+. The normalized spacial score (nSPS) is 12.9. The van der Waals surface area contributed by atoms with Gasteiger partial charge in [-0.25, -0.2) is 0 Å². The van der Waals surface area contributed by atoms with Crippen LogP contribution in [-0.4, -0.2) is 13.7 Å². The Balaban J connectivity index is 1.14. The van der Waals surface area contributed by atoms with Crippen molar-refractivity contribution in [3.05, 3.63) is 204 Å². The first kappa shape index (κ1) is 32.9. The van der Waals surface area contributed by atoms with E-state index in [-0.39, 0.29) is 0 Å². The van der Waals surface area contributed by atoms with Gasteiger partial charge in [-0.2, -0.15) is 0 Å². The topological polar surface area (TPSA) is 14.8 Å². The number of benzene rings is 7. The summed E-state index contributed by atoms with van der Waals surface area (Å²) in [4.78, 5) is 0. The van der Waals surface area contributed by atoms with E-state index in [1.807, 2.05) is 6.08 Å². The maximum Gasteiger partial charge on any atom is 0.105 e. The molecule has 3 nitrogen and oxygen atoms in total. The van der Waals surface area contributed by atoms with E-state index in [1.54, 1.807) is 0 Å². The van der Waals surface area contributed by atoms with Gasteiger partial charge in [-0.15, -0.1) is 0 Å². The van der Waals surface area contributed by atoms with Gasteiger partial charge < -0.3 is 13.7 Å². The van der Waals surface area contributed by atoms with E-state index >= 15 is 0 Å². The molecule has 0 radical (unpaired) electrons.